The molecule has 0 bridgehead atoms. The first-order valence-electron chi connectivity index (χ1n) is 8.45. The van der Waals surface area contributed by atoms with E-state index < -0.39 is 11.9 Å². The minimum absolute atomic E-state index is 0.0243. The second-order valence-corrected chi connectivity index (χ2v) is 6.94. The molecule has 0 aliphatic rings. The Morgan fingerprint density at radius 3 is 2.59 bits per heavy atom. The van der Waals surface area contributed by atoms with Gasteiger partial charge in [0.25, 0.3) is 5.91 Å². The van der Waals surface area contributed by atoms with Crippen molar-refractivity contribution >= 4 is 39.2 Å². The van der Waals surface area contributed by atoms with Gasteiger partial charge in [0.15, 0.2) is 0 Å². The average Bonchev–Trinajstić information content (AvgIpc) is 2.73. The van der Waals surface area contributed by atoms with Gasteiger partial charge in [0.2, 0.25) is 0 Å². The lowest BCUT2D eigenvalue weighted by Gasteiger charge is -2.11. The largest absolute Gasteiger partial charge is 0.489 e. The SMILES string of the molecule is O=Nc1cccc(COc2cccc(C(=O)Nc3ccc(Br)cc3C(=O)O)c2)c1. The number of nitroso groups, excluding NO2 is 1. The number of carbonyl (C=O) groups excluding carboxylic acids is 1. The Labute approximate surface area is 174 Å². The van der Waals surface area contributed by atoms with E-state index in [1.807, 2.05) is 0 Å². The lowest BCUT2D eigenvalue weighted by atomic mass is 10.1. The number of carbonyl (C=O) groups is 2. The number of hydrogen-bond acceptors (Lipinski definition) is 5. The molecule has 3 aromatic rings. The zero-order chi connectivity index (χ0) is 20.8. The Morgan fingerprint density at radius 1 is 1.03 bits per heavy atom. The third kappa shape index (κ3) is 5.26. The summed E-state index contributed by atoms with van der Waals surface area (Å²) in [5, 5.41) is 14.8. The standard InChI is InChI=1S/C21H15BrN2O5/c22-15-7-8-19(18(11-15)21(26)27)23-20(25)14-4-2-6-17(10-14)29-12-13-3-1-5-16(9-13)24-28/h1-11H,12H2,(H,23,25)(H,26,27). The molecule has 0 saturated carbocycles. The fourth-order valence-corrected chi connectivity index (χ4v) is 2.95. The van der Waals surface area contributed by atoms with Crippen molar-refractivity contribution in [3.8, 4) is 5.75 Å². The number of hydrogen-bond donors (Lipinski definition) is 2. The van der Waals surface area contributed by atoms with Gasteiger partial charge in [0, 0.05) is 10.0 Å². The number of rotatable bonds is 7. The highest BCUT2D eigenvalue weighted by Crippen LogP contribution is 2.23. The van der Waals surface area contributed by atoms with Crippen molar-refractivity contribution in [2.75, 3.05) is 5.32 Å². The summed E-state index contributed by atoms with van der Waals surface area (Å²) in [5.74, 6) is -1.16. The molecule has 0 aromatic heterocycles. The number of nitrogens with one attached hydrogen (secondary N) is 1. The van der Waals surface area contributed by atoms with Crippen LogP contribution in [0.1, 0.15) is 26.3 Å². The van der Waals surface area contributed by atoms with Crippen LogP contribution in [-0.2, 0) is 6.61 Å². The van der Waals surface area contributed by atoms with Gasteiger partial charge < -0.3 is 15.2 Å². The van der Waals surface area contributed by atoms with E-state index in [1.54, 1.807) is 54.6 Å². The molecule has 0 saturated heterocycles. The molecule has 3 rings (SSSR count). The van der Waals surface area contributed by atoms with Crippen LogP contribution in [0.15, 0.2) is 76.4 Å². The summed E-state index contributed by atoms with van der Waals surface area (Å²) in [6.45, 7) is 0.199. The molecule has 0 aliphatic heterocycles. The van der Waals surface area contributed by atoms with E-state index in [9.17, 15) is 19.6 Å². The van der Waals surface area contributed by atoms with E-state index in [4.69, 9.17) is 4.74 Å². The molecular weight excluding hydrogens is 440 g/mol. The second-order valence-electron chi connectivity index (χ2n) is 6.03. The third-order valence-electron chi connectivity index (χ3n) is 3.98. The Kier molecular flexibility index (Phi) is 6.36. The van der Waals surface area contributed by atoms with Crippen LogP contribution in [0.2, 0.25) is 0 Å². The molecule has 146 valence electrons. The fourth-order valence-electron chi connectivity index (χ4n) is 2.59. The van der Waals surface area contributed by atoms with Crippen molar-refractivity contribution in [1.82, 2.24) is 0 Å². The molecule has 1 amide bonds. The molecule has 2 N–H and O–H groups in total. The van der Waals surface area contributed by atoms with Crippen LogP contribution in [0.4, 0.5) is 11.4 Å². The van der Waals surface area contributed by atoms with Gasteiger partial charge in [0.1, 0.15) is 18.0 Å². The molecule has 29 heavy (non-hydrogen) atoms. The van der Waals surface area contributed by atoms with Gasteiger partial charge in [-0.1, -0.05) is 34.1 Å². The summed E-state index contributed by atoms with van der Waals surface area (Å²) >= 11 is 3.21. The number of nitrogens with zero attached hydrogens (tertiary/aromatic N) is 1. The Balaban J connectivity index is 1.73. The zero-order valence-corrected chi connectivity index (χ0v) is 16.5. The highest BCUT2D eigenvalue weighted by Gasteiger charge is 2.14. The van der Waals surface area contributed by atoms with Crippen molar-refractivity contribution in [2.45, 2.75) is 6.61 Å². The highest BCUT2D eigenvalue weighted by atomic mass is 79.9. The summed E-state index contributed by atoms with van der Waals surface area (Å²) in [7, 11) is 0. The van der Waals surface area contributed by atoms with Crippen molar-refractivity contribution < 1.29 is 19.4 Å². The minimum Gasteiger partial charge on any atom is -0.489 e. The van der Waals surface area contributed by atoms with Gasteiger partial charge in [-0.05, 0) is 59.3 Å². The minimum atomic E-state index is -1.15. The Bertz CT molecular complexity index is 1080. The number of amides is 1. The van der Waals surface area contributed by atoms with E-state index in [1.165, 1.54) is 12.1 Å². The molecule has 0 fully saturated rings. The van der Waals surface area contributed by atoms with E-state index in [0.717, 1.165) is 5.56 Å². The van der Waals surface area contributed by atoms with Crippen LogP contribution in [0.5, 0.6) is 5.75 Å². The van der Waals surface area contributed by atoms with Crippen molar-refractivity contribution in [2.24, 2.45) is 5.18 Å². The van der Waals surface area contributed by atoms with E-state index >= 15 is 0 Å². The number of ether oxygens (including phenoxy) is 1. The average molecular weight is 455 g/mol. The van der Waals surface area contributed by atoms with Crippen LogP contribution in [0, 0.1) is 4.91 Å². The van der Waals surface area contributed by atoms with Gasteiger partial charge >= 0.3 is 5.97 Å². The predicted molar refractivity (Wildman–Crippen MR) is 112 cm³/mol. The normalized spacial score (nSPS) is 10.2. The first kappa shape index (κ1) is 20.2. The molecule has 0 spiro atoms. The van der Waals surface area contributed by atoms with Crippen LogP contribution in [-0.4, -0.2) is 17.0 Å². The summed E-state index contributed by atoms with van der Waals surface area (Å²) in [4.78, 5) is 34.6. The van der Waals surface area contributed by atoms with Crippen LogP contribution in [0.3, 0.4) is 0 Å². The van der Waals surface area contributed by atoms with Gasteiger partial charge in [-0.25, -0.2) is 4.79 Å². The Hall–Kier alpha value is -3.52. The maximum absolute atomic E-state index is 12.6. The van der Waals surface area contributed by atoms with Crippen LogP contribution in [0.25, 0.3) is 0 Å². The summed E-state index contributed by atoms with van der Waals surface area (Å²) in [6, 6.07) is 17.8. The maximum atomic E-state index is 12.6. The topological polar surface area (TPSA) is 105 Å². The summed E-state index contributed by atoms with van der Waals surface area (Å²) in [6.07, 6.45) is 0. The van der Waals surface area contributed by atoms with Gasteiger partial charge in [-0.2, -0.15) is 0 Å². The van der Waals surface area contributed by atoms with E-state index in [0.29, 0.717) is 21.5 Å². The second kappa shape index (κ2) is 9.11. The summed E-state index contributed by atoms with van der Waals surface area (Å²) in [5.41, 5.74) is 1.55. The third-order valence-corrected chi connectivity index (χ3v) is 4.47. The van der Waals surface area contributed by atoms with Crippen molar-refractivity contribution in [3.63, 3.8) is 0 Å². The maximum Gasteiger partial charge on any atom is 0.337 e. The number of carboxylic acids is 1. The van der Waals surface area contributed by atoms with E-state index in [2.05, 4.69) is 26.4 Å². The molecule has 0 heterocycles. The molecule has 0 aliphatic carbocycles. The Morgan fingerprint density at radius 2 is 1.83 bits per heavy atom. The molecule has 7 nitrogen and oxygen atoms in total. The van der Waals surface area contributed by atoms with E-state index in [-0.39, 0.29) is 17.9 Å². The molecule has 8 heteroatoms. The molecule has 0 atom stereocenters. The zero-order valence-electron chi connectivity index (χ0n) is 15.0. The van der Waals surface area contributed by atoms with Gasteiger partial charge in [-0.3, -0.25) is 4.79 Å². The molecule has 0 radical (unpaired) electrons. The lowest BCUT2D eigenvalue weighted by Crippen LogP contribution is -2.15. The number of halogens is 1. The van der Waals surface area contributed by atoms with Crippen LogP contribution >= 0.6 is 15.9 Å². The molecule has 0 unspecified atom stereocenters. The molecule has 3 aromatic carbocycles. The first-order chi connectivity index (χ1) is 14.0. The van der Waals surface area contributed by atoms with Crippen molar-refractivity contribution in [3.05, 3.63) is 92.8 Å². The monoisotopic (exact) mass is 454 g/mol. The number of benzene rings is 3. The first-order valence-corrected chi connectivity index (χ1v) is 9.25. The lowest BCUT2D eigenvalue weighted by molar-refractivity contribution is 0.0698. The van der Waals surface area contributed by atoms with Gasteiger partial charge in [0.05, 0.1) is 11.3 Å². The van der Waals surface area contributed by atoms with Crippen LogP contribution < -0.4 is 10.1 Å². The number of carboxylic acid groups (broad SMARTS) is 1. The fraction of sp³-hybridized carbons (Fsp3) is 0.0476. The predicted octanol–water partition coefficient (Wildman–Crippen LogP) is 5.38. The number of aromatic carboxylic acids is 1. The smallest absolute Gasteiger partial charge is 0.337 e. The molecular formula is C21H15BrN2O5. The summed E-state index contributed by atoms with van der Waals surface area (Å²) < 4.78 is 6.28. The van der Waals surface area contributed by atoms with Crippen molar-refractivity contribution in [1.29, 1.82) is 0 Å². The highest BCUT2D eigenvalue weighted by molar-refractivity contribution is 9.10. The quantitative estimate of drug-likeness (QED) is 0.466. The van der Waals surface area contributed by atoms with Gasteiger partial charge in [-0.15, -0.1) is 4.91 Å². The number of anilines is 1.